The van der Waals surface area contributed by atoms with Crippen LogP contribution in [0, 0.1) is 0 Å². The summed E-state index contributed by atoms with van der Waals surface area (Å²) in [5.41, 5.74) is 6.35. The number of unbranched alkanes of at least 4 members (excludes halogenated alkanes) is 2. The van der Waals surface area contributed by atoms with Gasteiger partial charge >= 0.3 is 0 Å². The Hall–Kier alpha value is -1.97. The van der Waals surface area contributed by atoms with Gasteiger partial charge in [-0.25, -0.2) is 4.99 Å². The highest BCUT2D eigenvalue weighted by Gasteiger charge is 2.21. The van der Waals surface area contributed by atoms with E-state index in [0.29, 0.717) is 10.6 Å². The van der Waals surface area contributed by atoms with Gasteiger partial charge in [0.1, 0.15) is 5.57 Å². The molecule has 1 heterocycles. The number of rotatable bonds is 5. The predicted molar refractivity (Wildman–Crippen MR) is 68.1 cm³/mol. The lowest BCUT2D eigenvalue weighted by Gasteiger charge is -2.00. The normalized spacial score (nSPS) is 13.4. The number of fused-ring (bicyclic) bond motifs is 1. The molecule has 4 nitrogen and oxygen atoms in total. The Morgan fingerprint density at radius 1 is 1.33 bits per heavy atom. The van der Waals surface area contributed by atoms with Crippen LogP contribution in [-0.4, -0.2) is 11.8 Å². The minimum Gasteiger partial charge on any atom is -0.365 e. The summed E-state index contributed by atoms with van der Waals surface area (Å²) in [5.74, 6) is -1.23. The summed E-state index contributed by atoms with van der Waals surface area (Å²) in [6.45, 7) is 2.15. The van der Waals surface area contributed by atoms with E-state index in [1.165, 1.54) is 6.42 Å². The topological polar surface area (TPSA) is 72.5 Å². The van der Waals surface area contributed by atoms with Crippen LogP contribution in [0.15, 0.2) is 23.2 Å². The zero-order valence-electron chi connectivity index (χ0n) is 10.4. The number of primary amides is 1. The van der Waals surface area contributed by atoms with Gasteiger partial charge in [-0.1, -0.05) is 25.8 Å². The first-order valence-electron chi connectivity index (χ1n) is 6.19. The lowest BCUT2D eigenvalue weighted by atomic mass is 10.0. The summed E-state index contributed by atoms with van der Waals surface area (Å²) in [4.78, 5) is 26.6. The molecule has 2 amide bonds. The number of nitrogens with two attached hydrogens (primary N) is 1. The maximum atomic E-state index is 11.5. The Morgan fingerprint density at radius 3 is 2.78 bits per heavy atom. The molecule has 0 unspecified atom stereocenters. The number of nitrogens with zero attached hydrogens (tertiary/aromatic N) is 1. The molecule has 0 radical (unpaired) electrons. The molecular formula is C14H16N2O2. The number of carbonyl (C=O) groups excluding carboxylic acids is 2. The largest absolute Gasteiger partial charge is 0.365 e. The zero-order chi connectivity index (χ0) is 13.1. The average molecular weight is 244 g/mol. The van der Waals surface area contributed by atoms with E-state index in [4.69, 9.17) is 5.73 Å². The molecule has 1 aromatic carbocycles. The fourth-order valence-electron chi connectivity index (χ4n) is 2.13. The van der Waals surface area contributed by atoms with Gasteiger partial charge in [-0.15, -0.1) is 0 Å². The zero-order valence-corrected chi connectivity index (χ0v) is 10.4. The summed E-state index contributed by atoms with van der Waals surface area (Å²) in [7, 11) is 0. The van der Waals surface area contributed by atoms with Crippen LogP contribution in [-0.2, 0) is 16.0 Å². The Bertz CT molecular complexity index is 617. The molecule has 1 aromatic rings. The van der Waals surface area contributed by atoms with E-state index in [2.05, 4.69) is 11.9 Å². The molecule has 0 spiro atoms. The monoisotopic (exact) mass is 244 g/mol. The number of carbonyl (C=O) groups is 2. The van der Waals surface area contributed by atoms with Crippen LogP contribution in [0.1, 0.15) is 31.7 Å². The van der Waals surface area contributed by atoms with Gasteiger partial charge in [0.15, 0.2) is 0 Å². The minimum absolute atomic E-state index is 0.0161. The molecule has 0 aromatic heterocycles. The highest BCUT2D eigenvalue weighted by atomic mass is 16.2. The fourth-order valence-corrected chi connectivity index (χ4v) is 2.13. The standard InChI is InChI=1S/C14H16N2O2/c1-2-3-4-5-9-6-7-11-10(8-9)12(13(15)17)14(18)16-11/h6-8H,2-5H2,1H3,(H2,15,17). The van der Waals surface area contributed by atoms with Crippen molar-refractivity contribution < 1.29 is 9.59 Å². The van der Waals surface area contributed by atoms with Gasteiger partial charge in [0.05, 0.1) is 5.36 Å². The van der Waals surface area contributed by atoms with Crippen LogP contribution < -0.4 is 16.3 Å². The van der Waals surface area contributed by atoms with Crippen LogP contribution in [0.25, 0.3) is 5.57 Å². The molecule has 2 N–H and O–H groups in total. The van der Waals surface area contributed by atoms with E-state index < -0.39 is 11.8 Å². The van der Waals surface area contributed by atoms with Gasteiger partial charge in [0.2, 0.25) is 0 Å². The number of aryl methyl sites for hydroxylation is 1. The Kier molecular flexibility index (Phi) is 3.55. The van der Waals surface area contributed by atoms with Crippen LogP contribution >= 0.6 is 0 Å². The molecule has 1 aliphatic heterocycles. The quantitative estimate of drug-likeness (QED) is 0.752. The third-order valence-electron chi connectivity index (χ3n) is 3.08. The third-order valence-corrected chi connectivity index (χ3v) is 3.08. The lowest BCUT2D eigenvalue weighted by molar-refractivity contribution is -0.117. The minimum atomic E-state index is -0.701. The van der Waals surface area contributed by atoms with Crippen molar-refractivity contribution in [3.63, 3.8) is 0 Å². The summed E-state index contributed by atoms with van der Waals surface area (Å²) in [5, 5.41) is 1.13. The second kappa shape index (κ2) is 5.12. The van der Waals surface area contributed by atoms with Gasteiger partial charge < -0.3 is 5.73 Å². The molecule has 18 heavy (non-hydrogen) atoms. The van der Waals surface area contributed by atoms with Crippen molar-refractivity contribution in [3.8, 4) is 0 Å². The molecular weight excluding hydrogens is 228 g/mol. The first-order chi connectivity index (χ1) is 8.63. The van der Waals surface area contributed by atoms with E-state index >= 15 is 0 Å². The number of amides is 2. The third kappa shape index (κ3) is 2.32. The van der Waals surface area contributed by atoms with Gasteiger partial charge in [0.25, 0.3) is 11.8 Å². The van der Waals surface area contributed by atoms with Crippen molar-refractivity contribution in [1.82, 2.24) is 0 Å². The molecule has 1 aliphatic rings. The van der Waals surface area contributed by atoms with Crippen molar-refractivity contribution in [2.75, 3.05) is 0 Å². The highest BCUT2D eigenvalue weighted by Crippen LogP contribution is 2.05. The van der Waals surface area contributed by atoms with Crippen molar-refractivity contribution in [2.45, 2.75) is 32.6 Å². The first-order valence-corrected chi connectivity index (χ1v) is 6.19. The Balaban J connectivity index is 2.40. The molecule has 0 aliphatic carbocycles. The second-order valence-corrected chi connectivity index (χ2v) is 4.46. The Morgan fingerprint density at radius 2 is 2.11 bits per heavy atom. The molecule has 4 heteroatoms. The van der Waals surface area contributed by atoms with Crippen LogP contribution in [0.2, 0.25) is 0 Å². The SMILES string of the molecule is CCCCCc1ccc2c(c1)=C(C(N)=O)C(=O)N=2. The van der Waals surface area contributed by atoms with Crippen LogP contribution in [0.3, 0.4) is 0 Å². The smallest absolute Gasteiger partial charge is 0.283 e. The van der Waals surface area contributed by atoms with E-state index in [-0.39, 0.29) is 5.57 Å². The Labute approximate surface area is 105 Å². The molecule has 94 valence electrons. The number of hydrogen-bond acceptors (Lipinski definition) is 2. The summed E-state index contributed by atoms with van der Waals surface area (Å²) in [6, 6.07) is 5.60. The van der Waals surface area contributed by atoms with E-state index in [9.17, 15) is 9.59 Å². The summed E-state index contributed by atoms with van der Waals surface area (Å²) in [6.07, 6.45) is 4.39. The maximum Gasteiger partial charge on any atom is 0.283 e. The molecule has 0 bridgehead atoms. The number of benzene rings is 1. The van der Waals surface area contributed by atoms with Gasteiger partial charge in [0, 0.05) is 5.22 Å². The van der Waals surface area contributed by atoms with Crippen molar-refractivity contribution in [1.29, 1.82) is 0 Å². The summed E-state index contributed by atoms with van der Waals surface area (Å²) < 4.78 is 0. The van der Waals surface area contributed by atoms with Gasteiger partial charge in [-0.05, 0) is 30.5 Å². The summed E-state index contributed by atoms with van der Waals surface area (Å²) >= 11 is 0. The molecule has 0 saturated heterocycles. The molecule has 0 fully saturated rings. The molecule has 2 rings (SSSR count). The van der Waals surface area contributed by atoms with Crippen LogP contribution in [0.4, 0.5) is 0 Å². The predicted octanol–water partition coefficient (Wildman–Crippen LogP) is 0.215. The highest BCUT2D eigenvalue weighted by molar-refractivity contribution is 6.40. The van der Waals surface area contributed by atoms with Gasteiger partial charge in [-0.3, -0.25) is 9.59 Å². The van der Waals surface area contributed by atoms with E-state index in [1.807, 2.05) is 12.1 Å². The average Bonchev–Trinajstić information content (AvgIpc) is 2.64. The second-order valence-electron chi connectivity index (χ2n) is 4.46. The first kappa shape index (κ1) is 12.5. The fraction of sp³-hybridized carbons (Fsp3) is 0.357. The van der Waals surface area contributed by atoms with Crippen LogP contribution in [0.5, 0.6) is 0 Å². The van der Waals surface area contributed by atoms with Gasteiger partial charge in [-0.2, -0.15) is 0 Å². The number of hydrogen-bond donors (Lipinski definition) is 1. The lowest BCUT2D eigenvalue weighted by Crippen LogP contribution is -2.28. The molecule has 0 atom stereocenters. The molecule has 0 saturated carbocycles. The van der Waals surface area contributed by atoms with E-state index in [1.54, 1.807) is 6.07 Å². The van der Waals surface area contributed by atoms with Crippen molar-refractivity contribution in [2.24, 2.45) is 10.7 Å². The van der Waals surface area contributed by atoms with Crippen molar-refractivity contribution >= 4 is 17.4 Å². The maximum absolute atomic E-state index is 11.5. The van der Waals surface area contributed by atoms with E-state index in [0.717, 1.165) is 24.8 Å². The van der Waals surface area contributed by atoms with Crippen molar-refractivity contribution in [3.05, 3.63) is 34.3 Å².